The minimum Gasteiger partial charge on any atom is -0.460 e. The summed E-state index contributed by atoms with van der Waals surface area (Å²) in [5.41, 5.74) is 3.32. The summed E-state index contributed by atoms with van der Waals surface area (Å²) < 4.78 is 19.4. The third-order valence-electron chi connectivity index (χ3n) is 5.87. The first-order valence-electron chi connectivity index (χ1n) is 13.0. The van der Waals surface area contributed by atoms with E-state index in [1.54, 1.807) is 18.2 Å². The molecule has 10 nitrogen and oxygen atoms in total. The van der Waals surface area contributed by atoms with E-state index in [4.69, 9.17) is 25.6 Å². The predicted molar refractivity (Wildman–Crippen MR) is 167 cm³/mol. The minimum atomic E-state index is -0.556. The molecular formula is C31H30ClFN6O4. The number of aromatic nitrogens is 2. The standard InChI is InChI=1S/C29H26ClFN6O2.2CH2O/c1-2-12-32-16-22-8-11-27(39-22)18-6-10-26-23(13-18)28(34-17-33-26)35-19-4-3-5-20(14-19)36-29(38)37-21-7-9-25(31)24(30)15-21;2*1-2/h3-11,13-15,17,32H,2,12,16H2,1H3,(H,33,34,35)(H2,36,37,38);2*1H2. The van der Waals surface area contributed by atoms with Crippen molar-refractivity contribution < 1.29 is 23.2 Å². The summed E-state index contributed by atoms with van der Waals surface area (Å²) in [5, 5.41) is 12.8. The van der Waals surface area contributed by atoms with Crippen molar-refractivity contribution in [3.63, 3.8) is 0 Å². The average Bonchev–Trinajstić information content (AvgIpc) is 3.50. The van der Waals surface area contributed by atoms with Gasteiger partial charge in [-0.25, -0.2) is 19.2 Å². The lowest BCUT2D eigenvalue weighted by Crippen LogP contribution is -2.19. The Bertz CT molecular complexity index is 1660. The molecule has 2 amide bonds. The van der Waals surface area contributed by atoms with E-state index >= 15 is 0 Å². The van der Waals surface area contributed by atoms with Crippen LogP contribution in [0.5, 0.6) is 0 Å². The molecule has 5 rings (SSSR count). The van der Waals surface area contributed by atoms with Gasteiger partial charge in [0.1, 0.15) is 43.1 Å². The molecule has 5 aromatic rings. The number of halogens is 2. The molecule has 0 aliphatic heterocycles. The van der Waals surface area contributed by atoms with Gasteiger partial charge in [0.2, 0.25) is 0 Å². The molecule has 2 aromatic heterocycles. The zero-order valence-corrected chi connectivity index (χ0v) is 24.1. The normalized spacial score (nSPS) is 10.1. The molecule has 0 spiro atoms. The Balaban J connectivity index is 0.00000121. The van der Waals surface area contributed by atoms with Gasteiger partial charge in [-0.05, 0) is 79.7 Å². The molecule has 0 atom stereocenters. The fraction of sp³-hybridized carbons (Fsp3) is 0.129. The number of carbonyl (C=O) groups is 3. The van der Waals surface area contributed by atoms with Gasteiger partial charge in [-0.1, -0.05) is 24.6 Å². The number of carbonyl (C=O) groups excluding carboxylic acids is 3. The average molecular weight is 605 g/mol. The first-order valence-corrected chi connectivity index (χ1v) is 13.4. The van der Waals surface area contributed by atoms with Crippen LogP contribution in [0.3, 0.4) is 0 Å². The molecule has 2 heterocycles. The molecule has 0 fully saturated rings. The number of nitrogens with zero attached hydrogens (tertiary/aromatic N) is 2. The van der Waals surface area contributed by atoms with Crippen molar-refractivity contribution in [3.05, 3.63) is 95.7 Å². The van der Waals surface area contributed by atoms with Crippen LogP contribution < -0.4 is 21.3 Å². The Hall–Kier alpha value is -5.13. The number of hydrogen-bond donors (Lipinski definition) is 4. The molecule has 12 heteroatoms. The fourth-order valence-electron chi connectivity index (χ4n) is 4.00. The summed E-state index contributed by atoms with van der Waals surface area (Å²) in [6.45, 7) is 7.74. The van der Waals surface area contributed by atoms with E-state index in [1.165, 1.54) is 24.5 Å². The molecule has 0 aliphatic rings. The van der Waals surface area contributed by atoms with E-state index in [2.05, 4.69) is 38.2 Å². The van der Waals surface area contributed by atoms with E-state index in [9.17, 15) is 9.18 Å². The predicted octanol–water partition coefficient (Wildman–Crippen LogP) is 7.20. The third-order valence-corrected chi connectivity index (χ3v) is 6.16. The maximum atomic E-state index is 13.4. The molecule has 43 heavy (non-hydrogen) atoms. The van der Waals surface area contributed by atoms with Crippen molar-refractivity contribution >= 4 is 65.0 Å². The van der Waals surface area contributed by atoms with E-state index < -0.39 is 11.8 Å². The van der Waals surface area contributed by atoms with E-state index in [0.717, 1.165) is 41.0 Å². The van der Waals surface area contributed by atoms with Crippen molar-refractivity contribution in [1.82, 2.24) is 15.3 Å². The summed E-state index contributed by atoms with van der Waals surface area (Å²) in [6.07, 6.45) is 2.56. The molecule has 0 bridgehead atoms. The molecule has 222 valence electrons. The van der Waals surface area contributed by atoms with E-state index in [0.29, 0.717) is 29.4 Å². The van der Waals surface area contributed by atoms with Crippen LogP contribution >= 0.6 is 11.6 Å². The molecular weight excluding hydrogens is 575 g/mol. The fourth-order valence-corrected chi connectivity index (χ4v) is 4.19. The van der Waals surface area contributed by atoms with Crippen LogP contribution in [0.1, 0.15) is 19.1 Å². The zero-order valence-electron chi connectivity index (χ0n) is 23.3. The second-order valence-corrected chi connectivity index (χ2v) is 9.22. The monoisotopic (exact) mass is 604 g/mol. The van der Waals surface area contributed by atoms with Crippen LogP contribution in [0.2, 0.25) is 5.02 Å². The second-order valence-electron chi connectivity index (χ2n) is 8.81. The SMILES string of the molecule is C=O.C=O.CCCNCc1ccc(-c2ccc3ncnc(Nc4cccc(NC(=O)Nc5ccc(F)c(Cl)c5)c4)c3c2)o1. The minimum absolute atomic E-state index is 0.0734. The highest BCUT2D eigenvalue weighted by molar-refractivity contribution is 6.31. The van der Waals surface area contributed by atoms with Gasteiger partial charge in [-0.15, -0.1) is 0 Å². The van der Waals surface area contributed by atoms with Gasteiger partial charge in [-0.2, -0.15) is 0 Å². The van der Waals surface area contributed by atoms with Gasteiger partial charge in [0.25, 0.3) is 0 Å². The Morgan fingerprint density at radius 1 is 0.907 bits per heavy atom. The second kappa shape index (κ2) is 16.3. The van der Waals surface area contributed by atoms with Crippen molar-refractivity contribution in [3.8, 4) is 11.3 Å². The lowest BCUT2D eigenvalue weighted by Gasteiger charge is -2.12. The lowest BCUT2D eigenvalue weighted by atomic mass is 10.1. The van der Waals surface area contributed by atoms with Crippen molar-refractivity contribution in [2.24, 2.45) is 0 Å². The molecule has 0 unspecified atom stereocenters. The number of rotatable bonds is 9. The lowest BCUT2D eigenvalue weighted by molar-refractivity contribution is -0.0987. The Morgan fingerprint density at radius 3 is 2.40 bits per heavy atom. The zero-order chi connectivity index (χ0) is 31.2. The van der Waals surface area contributed by atoms with Crippen molar-refractivity contribution in [2.75, 3.05) is 22.5 Å². The number of benzene rings is 3. The highest BCUT2D eigenvalue weighted by atomic mass is 35.5. The summed E-state index contributed by atoms with van der Waals surface area (Å²) in [7, 11) is 0. The number of fused-ring (bicyclic) bond motifs is 1. The van der Waals surface area contributed by atoms with E-state index in [-0.39, 0.29) is 5.02 Å². The van der Waals surface area contributed by atoms with Gasteiger partial charge in [-0.3, -0.25) is 0 Å². The number of amides is 2. The summed E-state index contributed by atoms with van der Waals surface area (Å²) in [5.74, 6) is 1.69. The molecule has 3 aromatic carbocycles. The van der Waals surface area contributed by atoms with Gasteiger partial charge in [0.05, 0.1) is 17.1 Å². The van der Waals surface area contributed by atoms with Gasteiger partial charge in [0.15, 0.2) is 0 Å². The van der Waals surface area contributed by atoms with E-state index in [1.807, 2.05) is 50.0 Å². The first-order chi connectivity index (χ1) is 21.0. The first kappa shape index (κ1) is 32.4. The quantitative estimate of drug-likeness (QED) is 0.130. The summed E-state index contributed by atoms with van der Waals surface area (Å²) >= 11 is 5.79. The Morgan fingerprint density at radius 2 is 1.65 bits per heavy atom. The van der Waals surface area contributed by atoms with Crippen LogP contribution in [0.4, 0.5) is 32.1 Å². The Labute approximate surface area is 252 Å². The van der Waals surface area contributed by atoms with Crippen LogP contribution in [0.25, 0.3) is 22.2 Å². The molecule has 0 aliphatic carbocycles. The molecule has 4 N–H and O–H groups in total. The van der Waals surface area contributed by atoms with Gasteiger partial charge < -0.3 is 35.3 Å². The maximum absolute atomic E-state index is 13.4. The highest BCUT2D eigenvalue weighted by Crippen LogP contribution is 2.30. The summed E-state index contributed by atoms with van der Waals surface area (Å²) in [6, 6.07) is 20.5. The molecule has 0 saturated heterocycles. The number of hydrogen-bond acceptors (Lipinski definition) is 8. The largest absolute Gasteiger partial charge is 0.460 e. The van der Waals surface area contributed by atoms with Gasteiger partial charge >= 0.3 is 6.03 Å². The van der Waals surface area contributed by atoms with Crippen molar-refractivity contribution in [2.45, 2.75) is 19.9 Å². The molecule has 0 radical (unpaired) electrons. The smallest absolute Gasteiger partial charge is 0.323 e. The van der Waals surface area contributed by atoms with Crippen LogP contribution in [-0.2, 0) is 16.1 Å². The van der Waals surface area contributed by atoms with Gasteiger partial charge in [0, 0.05) is 28.0 Å². The topological polar surface area (TPSA) is 138 Å². The number of nitrogens with one attached hydrogen (secondary N) is 4. The van der Waals surface area contributed by atoms with Crippen LogP contribution in [0, 0.1) is 5.82 Å². The van der Waals surface area contributed by atoms with Crippen molar-refractivity contribution in [1.29, 1.82) is 0 Å². The number of furan rings is 1. The maximum Gasteiger partial charge on any atom is 0.323 e. The number of urea groups is 1. The third kappa shape index (κ3) is 8.93. The van der Waals surface area contributed by atoms with Crippen LogP contribution in [-0.4, -0.2) is 36.1 Å². The highest BCUT2D eigenvalue weighted by Gasteiger charge is 2.11. The summed E-state index contributed by atoms with van der Waals surface area (Å²) in [4.78, 5) is 37.3. The van der Waals surface area contributed by atoms with Crippen LogP contribution in [0.15, 0.2) is 83.5 Å². The molecule has 0 saturated carbocycles. The Kier molecular flexibility index (Phi) is 12.3. The number of anilines is 4.